The summed E-state index contributed by atoms with van der Waals surface area (Å²) < 4.78 is 35.3. The number of hydrogen-bond donors (Lipinski definition) is 2. The van der Waals surface area contributed by atoms with E-state index in [1.165, 1.54) is 24.2 Å². The molecule has 2 bridgehead atoms. The average Bonchev–Trinajstić information content (AvgIpc) is 3.17. The molecule has 0 aromatic heterocycles. The van der Waals surface area contributed by atoms with Crippen molar-refractivity contribution in [3.63, 3.8) is 0 Å². The van der Waals surface area contributed by atoms with E-state index in [-0.39, 0.29) is 17.3 Å². The zero-order valence-corrected chi connectivity index (χ0v) is 31.0. The van der Waals surface area contributed by atoms with Gasteiger partial charge in [0.2, 0.25) is 10.0 Å². The van der Waals surface area contributed by atoms with Crippen molar-refractivity contribution in [2.24, 2.45) is 23.7 Å². The van der Waals surface area contributed by atoms with Gasteiger partial charge in [0.05, 0.1) is 17.5 Å². The molecule has 0 radical (unpaired) electrons. The zero-order valence-electron chi connectivity index (χ0n) is 29.4. The molecule has 7 rings (SSSR count). The number of benzene rings is 2. The summed E-state index contributed by atoms with van der Waals surface area (Å²) in [6.45, 7) is 7.88. The smallest absolute Gasteiger partial charge is 0.264 e. The van der Waals surface area contributed by atoms with Crippen molar-refractivity contribution in [1.29, 1.82) is 0 Å². The minimum Gasteiger partial charge on any atom is -0.490 e. The number of amides is 1. The SMILES string of the molecule is CN(C)C1CNC1.C[C@@H]1[C@@H](C)CCCC(C=O)[C@@H]2CC[C@H]2CN2C[C@@]3(CCCc4cc(Cl)ccc43)COc3ccc(cc32)C(=O)NS1(=O)=O. The number of aryl methyl sites for hydroxylation is 1. The molecule has 11 heteroatoms. The van der Waals surface area contributed by atoms with Gasteiger partial charge >= 0.3 is 0 Å². The van der Waals surface area contributed by atoms with Crippen LogP contribution in [0.5, 0.6) is 5.75 Å². The summed E-state index contributed by atoms with van der Waals surface area (Å²) in [7, 11) is 0.344. The van der Waals surface area contributed by atoms with Gasteiger partial charge in [-0.1, -0.05) is 31.0 Å². The van der Waals surface area contributed by atoms with Gasteiger partial charge < -0.3 is 24.6 Å². The molecular weight excluding hydrogens is 660 g/mol. The van der Waals surface area contributed by atoms with E-state index >= 15 is 0 Å². The lowest BCUT2D eigenvalue weighted by atomic mass is 9.65. The van der Waals surface area contributed by atoms with Crippen LogP contribution in [0, 0.1) is 23.7 Å². The van der Waals surface area contributed by atoms with Crippen molar-refractivity contribution in [3.05, 3.63) is 58.1 Å². The van der Waals surface area contributed by atoms with Crippen LogP contribution in [0.1, 0.15) is 80.3 Å². The topological polar surface area (TPSA) is 108 Å². The third-order valence-corrected chi connectivity index (χ3v) is 14.3. The molecule has 2 fully saturated rings. The molecule has 2 aromatic carbocycles. The van der Waals surface area contributed by atoms with Gasteiger partial charge in [0.25, 0.3) is 5.91 Å². The second-order valence-corrected chi connectivity index (χ2v) is 17.9. The largest absolute Gasteiger partial charge is 0.490 e. The maximum absolute atomic E-state index is 13.3. The summed E-state index contributed by atoms with van der Waals surface area (Å²) in [6, 6.07) is 12.2. The highest BCUT2D eigenvalue weighted by Crippen LogP contribution is 2.47. The first-order chi connectivity index (χ1) is 23.4. The summed E-state index contributed by atoms with van der Waals surface area (Å²) >= 11 is 6.39. The first kappa shape index (κ1) is 36.1. The van der Waals surface area contributed by atoms with Gasteiger partial charge in [-0.25, -0.2) is 13.1 Å². The van der Waals surface area contributed by atoms with Crippen LogP contribution in [0.3, 0.4) is 0 Å². The number of hydrogen-bond acceptors (Lipinski definition) is 8. The van der Waals surface area contributed by atoms with Crippen molar-refractivity contribution >= 4 is 39.5 Å². The minimum atomic E-state index is -3.89. The number of fused-ring (bicyclic) bond motifs is 4. The van der Waals surface area contributed by atoms with Gasteiger partial charge in [0.15, 0.2) is 0 Å². The van der Waals surface area contributed by atoms with E-state index in [1.807, 2.05) is 13.0 Å². The Balaban J connectivity index is 0.000000531. The van der Waals surface area contributed by atoms with E-state index in [9.17, 15) is 18.0 Å². The van der Waals surface area contributed by atoms with Crippen LogP contribution in [0.2, 0.25) is 5.02 Å². The van der Waals surface area contributed by atoms with E-state index in [0.717, 1.165) is 74.5 Å². The first-order valence-electron chi connectivity index (χ1n) is 18.1. The number of carbonyl (C=O) groups excluding carboxylic acids is 2. The molecule has 5 aliphatic rings. The standard InChI is InChI=1S/C33H41ClN2O5S.C5H12N2/c1-21-5-3-6-26(18-37)28-11-8-25(28)17-36-19-33(14-4-7-23-15-27(34)10-12-29(23)33)20-41-31-13-9-24(16-30(31)36)32(38)35-42(39,40)22(21)2;1-7(2)5-3-6-4-5/h9-10,12-13,15-16,18,21-22,25-26,28H,3-8,11,14,17,19-20H2,1-2H3,(H,35,38);5-6H,3-4H2,1-2H3/t21-,22+,25-,26?,28+,33-;/m0./s1. The number of anilines is 1. The highest BCUT2D eigenvalue weighted by Gasteiger charge is 2.44. The van der Waals surface area contributed by atoms with Gasteiger partial charge in [-0.3, -0.25) is 4.79 Å². The lowest BCUT2D eigenvalue weighted by molar-refractivity contribution is -0.115. The van der Waals surface area contributed by atoms with Gasteiger partial charge in [-0.2, -0.15) is 0 Å². The number of carbonyl (C=O) groups is 2. The summed E-state index contributed by atoms with van der Waals surface area (Å²) in [6.07, 6.45) is 8.43. The number of ether oxygens (including phenoxy) is 1. The number of halogens is 1. The Morgan fingerprint density at radius 2 is 1.84 bits per heavy atom. The second kappa shape index (κ2) is 14.9. The number of likely N-dealkylation sites (N-methyl/N-ethyl adjacent to an activating group) is 1. The molecule has 1 unspecified atom stereocenters. The van der Waals surface area contributed by atoms with Crippen LogP contribution in [-0.4, -0.2) is 83.7 Å². The number of rotatable bonds is 2. The fourth-order valence-corrected chi connectivity index (χ4v) is 9.95. The molecule has 1 amide bonds. The van der Waals surface area contributed by atoms with Gasteiger partial charge in [-0.15, -0.1) is 0 Å². The minimum absolute atomic E-state index is 0.0315. The predicted octanol–water partition coefficient (Wildman–Crippen LogP) is 5.44. The lowest BCUT2D eigenvalue weighted by Crippen LogP contribution is -2.54. The van der Waals surface area contributed by atoms with Crippen molar-refractivity contribution in [1.82, 2.24) is 14.9 Å². The average molecular weight is 713 g/mol. The highest BCUT2D eigenvalue weighted by molar-refractivity contribution is 7.90. The summed E-state index contributed by atoms with van der Waals surface area (Å²) in [5, 5.41) is 3.20. The van der Waals surface area contributed by atoms with Gasteiger partial charge in [-0.05, 0) is 125 Å². The third-order valence-electron chi connectivity index (χ3n) is 12.2. The highest BCUT2D eigenvalue weighted by atomic mass is 35.5. The van der Waals surface area contributed by atoms with E-state index in [2.05, 4.69) is 46.1 Å². The molecule has 1 saturated heterocycles. The van der Waals surface area contributed by atoms with E-state index < -0.39 is 21.2 Å². The molecule has 49 heavy (non-hydrogen) atoms. The fourth-order valence-electron chi connectivity index (χ4n) is 8.44. The molecule has 1 saturated carbocycles. The molecule has 6 atom stereocenters. The summed E-state index contributed by atoms with van der Waals surface area (Å²) in [5.41, 5.74) is 3.37. The number of aldehydes is 1. The Hall–Kier alpha value is -2.66. The second-order valence-electron chi connectivity index (χ2n) is 15.5. The lowest BCUT2D eigenvalue weighted by Gasteiger charge is -2.46. The zero-order chi connectivity index (χ0) is 34.9. The van der Waals surface area contributed by atoms with Crippen molar-refractivity contribution in [2.75, 3.05) is 51.8 Å². The molecule has 1 spiro atoms. The quantitative estimate of drug-likeness (QED) is 0.397. The summed E-state index contributed by atoms with van der Waals surface area (Å²) in [4.78, 5) is 30.3. The fraction of sp³-hybridized carbons (Fsp3) is 0.632. The van der Waals surface area contributed by atoms with E-state index in [1.54, 1.807) is 25.1 Å². The Bertz CT molecular complexity index is 1630. The van der Waals surface area contributed by atoms with Crippen LogP contribution >= 0.6 is 11.6 Å². The number of nitrogens with zero attached hydrogens (tertiary/aromatic N) is 2. The van der Waals surface area contributed by atoms with E-state index in [0.29, 0.717) is 42.7 Å². The van der Waals surface area contributed by atoms with Crippen molar-refractivity contribution in [2.45, 2.75) is 81.9 Å². The van der Waals surface area contributed by atoms with Crippen molar-refractivity contribution < 1.29 is 22.7 Å². The molecule has 3 heterocycles. The maximum atomic E-state index is 13.3. The number of sulfonamides is 1. The monoisotopic (exact) mass is 712 g/mol. The van der Waals surface area contributed by atoms with Crippen LogP contribution in [0.15, 0.2) is 36.4 Å². The normalized spacial score (nSPS) is 31.3. The van der Waals surface area contributed by atoms with Crippen LogP contribution in [-0.2, 0) is 26.7 Å². The third kappa shape index (κ3) is 7.67. The molecule has 9 nitrogen and oxygen atoms in total. The summed E-state index contributed by atoms with van der Waals surface area (Å²) in [5.74, 6) is 0.559. The van der Waals surface area contributed by atoms with Crippen LogP contribution in [0.4, 0.5) is 5.69 Å². The Labute approximate surface area is 297 Å². The predicted molar refractivity (Wildman–Crippen MR) is 195 cm³/mol. The Kier molecular flexibility index (Phi) is 11.0. The molecule has 2 N–H and O–H groups in total. The van der Waals surface area contributed by atoms with Crippen LogP contribution < -0.4 is 19.7 Å². The Morgan fingerprint density at radius 3 is 2.49 bits per heavy atom. The number of nitrogens with one attached hydrogen (secondary N) is 2. The van der Waals surface area contributed by atoms with Gasteiger partial charge in [0, 0.05) is 54.1 Å². The van der Waals surface area contributed by atoms with Crippen LogP contribution in [0.25, 0.3) is 0 Å². The molecule has 268 valence electrons. The van der Waals surface area contributed by atoms with E-state index in [4.69, 9.17) is 16.3 Å². The maximum Gasteiger partial charge on any atom is 0.264 e. The molecular formula is C38H53ClN4O5S. The van der Waals surface area contributed by atoms with Gasteiger partial charge in [0.1, 0.15) is 12.0 Å². The first-order valence-corrected chi connectivity index (χ1v) is 20.0. The molecule has 3 aliphatic heterocycles. The Morgan fingerprint density at radius 1 is 1.04 bits per heavy atom. The molecule has 2 aliphatic carbocycles. The van der Waals surface area contributed by atoms with Crippen molar-refractivity contribution in [3.8, 4) is 5.75 Å². The molecule has 2 aromatic rings.